The minimum atomic E-state index is 0.103. The van der Waals surface area contributed by atoms with E-state index in [1.165, 1.54) is 0 Å². The van der Waals surface area contributed by atoms with E-state index in [2.05, 4.69) is 16.8 Å². The summed E-state index contributed by atoms with van der Waals surface area (Å²) in [6.45, 7) is 6.88. The van der Waals surface area contributed by atoms with Crippen molar-refractivity contribution in [3.8, 4) is 5.75 Å². The van der Waals surface area contributed by atoms with Crippen molar-refractivity contribution >= 4 is 5.69 Å². The van der Waals surface area contributed by atoms with Gasteiger partial charge in [-0.25, -0.2) is 0 Å². The van der Waals surface area contributed by atoms with Gasteiger partial charge in [0.05, 0.1) is 18.8 Å². The van der Waals surface area contributed by atoms with Gasteiger partial charge in [0.2, 0.25) is 0 Å². The van der Waals surface area contributed by atoms with E-state index in [4.69, 9.17) is 9.84 Å². The van der Waals surface area contributed by atoms with Crippen LogP contribution in [0.5, 0.6) is 5.75 Å². The van der Waals surface area contributed by atoms with Gasteiger partial charge in [-0.15, -0.1) is 6.58 Å². The minimum absolute atomic E-state index is 0.103. The van der Waals surface area contributed by atoms with Gasteiger partial charge in [0, 0.05) is 19.6 Å². The third-order valence-electron chi connectivity index (χ3n) is 2.97. The van der Waals surface area contributed by atoms with Crippen molar-refractivity contribution in [2.45, 2.75) is 6.10 Å². The number of anilines is 1. The molecule has 1 aromatic rings. The van der Waals surface area contributed by atoms with Crippen LogP contribution in [0.2, 0.25) is 0 Å². The summed E-state index contributed by atoms with van der Waals surface area (Å²) in [6, 6.07) is 7.95. The second kappa shape index (κ2) is 6.42. The Balaban J connectivity index is 1.93. The molecule has 1 aromatic carbocycles. The van der Waals surface area contributed by atoms with Gasteiger partial charge in [-0.3, -0.25) is 4.90 Å². The summed E-state index contributed by atoms with van der Waals surface area (Å²) in [5.74, 6) is 0.899. The molecular weight excluding hydrogens is 228 g/mol. The van der Waals surface area contributed by atoms with Crippen molar-refractivity contribution in [3.05, 3.63) is 36.9 Å². The molecule has 1 aliphatic heterocycles. The quantitative estimate of drug-likeness (QED) is 0.746. The molecule has 0 bridgehead atoms. The summed E-state index contributed by atoms with van der Waals surface area (Å²) in [4.78, 5) is 2.13. The van der Waals surface area contributed by atoms with Crippen LogP contribution < -0.4 is 10.1 Å². The van der Waals surface area contributed by atoms with E-state index in [9.17, 15) is 0 Å². The molecule has 1 atom stereocenters. The van der Waals surface area contributed by atoms with Crippen molar-refractivity contribution in [2.75, 3.05) is 38.1 Å². The molecule has 1 aliphatic rings. The SMILES string of the molecule is C=CCN(CCO)CC1CNc2ccccc2O1. The number of para-hydroxylation sites is 2. The topological polar surface area (TPSA) is 44.7 Å². The highest BCUT2D eigenvalue weighted by atomic mass is 16.5. The van der Waals surface area contributed by atoms with Crippen molar-refractivity contribution in [1.29, 1.82) is 0 Å². The Morgan fingerprint density at radius 3 is 3.11 bits per heavy atom. The molecule has 0 spiro atoms. The maximum atomic E-state index is 9.02. The van der Waals surface area contributed by atoms with E-state index in [0.29, 0.717) is 6.54 Å². The number of aliphatic hydroxyl groups is 1. The maximum absolute atomic E-state index is 9.02. The monoisotopic (exact) mass is 248 g/mol. The molecule has 0 aromatic heterocycles. The average molecular weight is 248 g/mol. The number of nitrogens with zero attached hydrogens (tertiary/aromatic N) is 1. The van der Waals surface area contributed by atoms with Crippen molar-refractivity contribution in [2.24, 2.45) is 0 Å². The van der Waals surface area contributed by atoms with Gasteiger partial charge in [0.15, 0.2) is 0 Å². The molecule has 1 heterocycles. The summed E-state index contributed by atoms with van der Waals surface area (Å²) in [7, 11) is 0. The van der Waals surface area contributed by atoms with Gasteiger partial charge in [-0.05, 0) is 12.1 Å². The van der Waals surface area contributed by atoms with Crippen molar-refractivity contribution in [3.63, 3.8) is 0 Å². The van der Waals surface area contributed by atoms with E-state index in [1.807, 2.05) is 30.3 Å². The van der Waals surface area contributed by atoms with Crippen LogP contribution >= 0.6 is 0 Å². The fourth-order valence-electron chi connectivity index (χ4n) is 2.13. The molecule has 0 aliphatic carbocycles. The lowest BCUT2D eigenvalue weighted by molar-refractivity contribution is 0.127. The highest BCUT2D eigenvalue weighted by Gasteiger charge is 2.20. The molecule has 0 amide bonds. The molecule has 0 saturated heterocycles. The van der Waals surface area contributed by atoms with Crippen LogP contribution in [0, 0.1) is 0 Å². The Kier molecular flexibility index (Phi) is 4.61. The average Bonchev–Trinajstić information content (AvgIpc) is 2.39. The Hall–Kier alpha value is -1.52. The van der Waals surface area contributed by atoms with E-state index < -0.39 is 0 Å². The normalized spacial score (nSPS) is 17.8. The Labute approximate surface area is 108 Å². The first-order chi connectivity index (χ1) is 8.83. The molecular formula is C14H20N2O2. The Bertz CT molecular complexity index is 395. The first kappa shape index (κ1) is 12.9. The lowest BCUT2D eigenvalue weighted by atomic mass is 10.2. The predicted octanol–water partition coefficient (Wildman–Crippen LogP) is 1.34. The molecule has 2 rings (SSSR count). The number of rotatable bonds is 6. The lowest BCUT2D eigenvalue weighted by Crippen LogP contribution is -2.42. The van der Waals surface area contributed by atoms with Crippen LogP contribution in [0.3, 0.4) is 0 Å². The van der Waals surface area contributed by atoms with Gasteiger partial charge < -0.3 is 15.2 Å². The maximum Gasteiger partial charge on any atom is 0.142 e. The van der Waals surface area contributed by atoms with Crippen LogP contribution in [0.1, 0.15) is 0 Å². The molecule has 4 nitrogen and oxygen atoms in total. The van der Waals surface area contributed by atoms with E-state index in [0.717, 1.165) is 31.1 Å². The molecule has 18 heavy (non-hydrogen) atoms. The Morgan fingerprint density at radius 2 is 2.33 bits per heavy atom. The molecule has 0 fully saturated rings. The van der Waals surface area contributed by atoms with Gasteiger partial charge >= 0.3 is 0 Å². The Morgan fingerprint density at radius 1 is 1.50 bits per heavy atom. The summed E-state index contributed by atoms with van der Waals surface area (Å²) in [6.07, 6.45) is 1.95. The predicted molar refractivity (Wildman–Crippen MR) is 73.1 cm³/mol. The van der Waals surface area contributed by atoms with Crippen molar-refractivity contribution in [1.82, 2.24) is 4.90 Å². The summed E-state index contributed by atoms with van der Waals surface area (Å²) >= 11 is 0. The van der Waals surface area contributed by atoms with Crippen LogP contribution in [-0.4, -0.2) is 48.9 Å². The molecule has 4 heteroatoms. The standard InChI is InChI=1S/C14H20N2O2/c1-2-7-16(8-9-17)11-12-10-15-13-5-3-4-6-14(13)18-12/h2-6,12,15,17H,1,7-11H2. The van der Waals surface area contributed by atoms with Crippen molar-refractivity contribution < 1.29 is 9.84 Å². The van der Waals surface area contributed by atoms with E-state index in [1.54, 1.807) is 0 Å². The zero-order chi connectivity index (χ0) is 12.8. The lowest BCUT2D eigenvalue weighted by Gasteiger charge is -2.31. The highest BCUT2D eigenvalue weighted by molar-refractivity contribution is 5.57. The zero-order valence-electron chi connectivity index (χ0n) is 10.5. The first-order valence-electron chi connectivity index (χ1n) is 6.27. The van der Waals surface area contributed by atoms with E-state index in [-0.39, 0.29) is 12.7 Å². The zero-order valence-corrected chi connectivity index (χ0v) is 10.5. The molecule has 0 saturated carbocycles. The molecule has 2 N–H and O–H groups in total. The van der Waals surface area contributed by atoms with Crippen LogP contribution in [0.15, 0.2) is 36.9 Å². The summed E-state index contributed by atoms with van der Waals surface area (Å²) in [5.41, 5.74) is 1.05. The second-order valence-electron chi connectivity index (χ2n) is 4.39. The number of ether oxygens (including phenoxy) is 1. The first-order valence-corrected chi connectivity index (χ1v) is 6.27. The molecule has 0 radical (unpaired) electrons. The third-order valence-corrected chi connectivity index (χ3v) is 2.97. The van der Waals surface area contributed by atoms with Crippen LogP contribution in [-0.2, 0) is 0 Å². The smallest absolute Gasteiger partial charge is 0.142 e. The number of fused-ring (bicyclic) bond motifs is 1. The molecule has 98 valence electrons. The fraction of sp³-hybridized carbons (Fsp3) is 0.429. The molecule has 1 unspecified atom stereocenters. The highest BCUT2D eigenvalue weighted by Crippen LogP contribution is 2.28. The minimum Gasteiger partial charge on any atom is -0.485 e. The van der Waals surface area contributed by atoms with Gasteiger partial charge in [0.1, 0.15) is 11.9 Å². The number of benzene rings is 1. The fourth-order valence-corrected chi connectivity index (χ4v) is 2.13. The number of aliphatic hydroxyl groups excluding tert-OH is 1. The number of hydrogen-bond acceptors (Lipinski definition) is 4. The second-order valence-corrected chi connectivity index (χ2v) is 4.39. The third kappa shape index (κ3) is 3.24. The van der Waals surface area contributed by atoms with Crippen LogP contribution in [0.4, 0.5) is 5.69 Å². The number of hydrogen-bond donors (Lipinski definition) is 2. The number of nitrogens with one attached hydrogen (secondary N) is 1. The van der Waals surface area contributed by atoms with Gasteiger partial charge in [-0.2, -0.15) is 0 Å². The largest absolute Gasteiger partial charge is 0.485 e. The van der Waals surface area contributed by atoms with Gasteiger partial charge in [0.25, 0.3) is 0 Å². The van der Waals surface area contributed by atoms with E-state index >= 15 is 0 Å². The summed E-state index contributed by atoms with van der Waals surface area (Å²) in [5, 5.41) is 12.4. The summed E-state index contributed by atoms with van der Waals surface area (Å²) < 4.78 is 5.93. The van der Waals surface area contributed by atoms with Gasteiger partial charge in [-0.1, -0.05) is 18.2 Å². The van der Waals surface area contributed by atoms with Crippen LogP contribution in [0.25, 0.3) is 0 Å².